The van der Waals surface area contributed by atoms with Crippen molar-refractivity contribution < 1.29 is 18.8 Å². The molecule has 1 atom stereocenters. The summed E-state index contributed by atoms with van der Waals surface area (Å²) in [7, 11) is 1.61. The molecule has 3 rings (SSSR count). The Labute approximate surface area is 157 Å². The third-order valence-corrected chi connectivity index (χ3v) is 4.00. The number of para-hydroxylation sites is 1. The maximum Gasteiger partial charge on any atom is 0.261 e. The summed E-state index contributed by atoms with van der Waals surface area (Å²) >= 11 is 0. The van der Waals surface area contributed by atoms with Crippen LogP contribution in [0.1, 0.15) is 18.4 Å². The number of aromatic nitrogens is 2. The number of nitrogens with zero attached hydrogens (tertiary/aromatic N) is 2. The zero-order chi connectivity index (χ0) is 19.2. The highest BCUT2D eigenvalue weighted by Crippen LogP contribution is 2.20. The maximum atomic E-state index is 12.2. The monoisotopic (exact) mass is 367 g/mol. The van der Waals surface area contributed by atoms with Gasteiger partial charge in [0.25, 0.3) is 5.91 Å². The number of carbonyl (C=O) groups excluding carboxylic acids is 1. The van der Waals surface area contributed by atoms with Gasteiger partial charge in [-0.25, -0.2) is 0 Å². The van der Waals surface area contributed by atoms with Crippen LogP contribution in [0.5, 0.6) is 11.5 Å². The number of rotatable bonds is 7. The third kappa shape index (κ3) is 4.63. The summed E-state index contributed by atoms with van der Waals surface area (Å²) < 4.78 is 16.0. The number of nitrogens with one attached hydrogen (secondary N) is 1. The molecule has 0 aliphatic heterocycles. The number of benzene rings is 2. The quantitative estimate of drug-likeness (QED) is 0.690. The Bertz CT molecular complexity index is 906. The van der Waals surface area contributed by atoms with Crippen LogP contribution in [0, 0.1) is 6.92 Å². The number of hydrogen-bond donors (Lipinski definition) is 1. The van der Waals surface area contributed by atoms with Crippen molar-refractivity contribution in [2.24, 2.45) is 0 Å². The maximum absolute atomic E-state index is 12.2. The summed E-state index contributed by atoms with van der Waals surface area (Å²) in [5.74, 6) is 1.93. The van der Waals surface area contributed by atoms with Crippen LogP contribution in [0.3, 0.4) is 0 Å². The molecule has 0 saturated heterocycles. The van der Waals surface area contributed by atoms with E-state index in [-0.39, 0.29) is 12.5 Å². The molecule has 0 saturated carbocycles. The van der Waals surface area contributed by atoms with Gasteiger partial charge in [0.15, 0.2) is 6.10 Å². The molecule has 0 radical (unpaired) electrons. The molecule has 0 unspecified atom stereocenters. The molecule has 27 heavy (non-hydrogen) atoms. The summed E-state index contributed by atoms with van der Waals surface area (Å²) in [6.07, 6.45) is -0.643. The minimum Gasteiger partial charge on any atom is -0.497 e. The van der Waals surface area contributed by atoms with E-state index >= 15 is 0 Å². The van der Waals surface area contributed by atoms with Crippen LogP contribution >= 0.6 is 0 Å². The molecule has 0 aliphatic carbocycles. The summed E-state index contributed by atoms with van der Waals surface area (Å²) in [5, 5.41) is 6.68. The molecule has 0 fully saturated rings. The van der Waals surface area contributed by atoms with Crippen LogP contribution in [0.2, 0.25) is 0 Å². The summed E-state index contributed by atoms with van der Waals surface area (Å²) in [5.41, 5.74) is 1.77. The van der Waals surface area contributed by atoms with Crippen molar-refractivity contribution in [3.63, 3.8) is 0 Å². The molecule has 140 valence electrons. The van der Waals surface area contributed by atoms with Crippen LogP contribution in [0.15, 0.2) is 53.1 Å². The lowest BCUT2D eigenvalue weighted by atomic mass is 10.2. The predicted octanol–water partition coefficient (Wildman–Crippen LogP) is 3.14. The first-order valence-corrected chi connectivity index (χ1v) is 8.54. The van der Waals surface area contributed by atoms with Gasteiger partial charge < -0.3 is 19.3 Å². The van der Waals surface area contributed by atoms with Gasteiger partial charge in [-0.3, -0.25) is 4.79 Å². The van der Waals surface area contributed by atoms with E-state index in [1.54, 1.807) is 14.0 Å². The van der Waals surface area contributed by atoms with Crippen molar-refractivity contribution in [1.82, 2.24) is 15.5 Å². The standard InChI is InChI=1S/C20H21N3O4/c1-13-6-4-5-7-17(13)26-14(2)20(24)21-12-18-22-19(23-27-18)15-8-10-16(25-3)11-9-15/h4-11,14H,12H2,1-3H3,(H,21,24)/t14-/m1/s1. The van der Waals surface area contributed by atoms with Crippen LogP contribution in [-0.2, 0) is 11.3 Å². The number of carbonyl (C=O) groups is 1. The average molecular weight is 367 g/mol. The van der Waals surface area contributed by atoms with E-state index in [9.17, 15) is 4.79 Å². The molecular weight excluding hydrogens is 346 g/mol. The lowest BCUT2D eigenvalue weighted by Crippen LogP contribution is -2.36. The Morgan fingerprint density at radius 2 is 1.93 bits per heavy atom. The van der Waals surface area contributed by atoms with Crippen molar-refractivity contribution in [2.45, 2.75) is 26.5 Å². The molecular formula is C20H21N3O4. The van der Waals surface area contributed by atoms with Crippen molar-refractivity contribution in [1.29, 1.82) is 0 Å². The van der Waals surface area contributed by atoms with Gasteiger partial charge in [-0.1, -0.05) is 23.4 Å². The van der Waals surface area contributed by atoms with Gasteiger partial charge in [0.2, 0.25) is 11.7 Å². The zero-order valence-corrected chi connectivity index (χ0v) is 15.4. The Kier molecular flexibility index (Phi) is 5.71. The number of amides is 1. The lowest BCUT2D eigenvalue weighted by molar-refractivity contribution is -0.127. The molecule has 1 aromatic heterocycles. The van der Waals surface area contributed by atoms with Gasteiger partial charge in [0.1, 0.15) is 11.5 Å². The van der Waals surface area contributed by atoms with E-state index < -0.39 is 6.10 Å². The molecule has 1 heterocycles. The second-order valence-electron chi connectivity index (χ2n) is 5.98. The Balaban J connectivity index is 1.56. The first-order valence-electron chi connectivity index (χ1n) is 8.54. The molecule has 7 heteroatoms. The van der Waals surface area contributed by atoms with E-state index in [4.69, 9.17) is 14.0 Å². The fraction of sp³-hybridized carbons (Fsp3) is 0.250. The van der Waals surface area contributed by atoms with Crippen molar-refractivity contribution in [3.8, 4) is 22.9 Å². The molecule has 2 aromatic carbocycles. The highest BCUT2D eigenvalue weighted by atomic mass is 16.5. The second kappa shape index (κ2) is 8.35. The first kappa shape index (κ1) is 18.4. The van der Waals surface area contributed by atoms with Gasteiger partial charge >= 0.3 is 0 Å². The van der Waals surface area contributed by atoms with E-state index in [1.165, 1.54) is 0 Å². The SMILES string of the molecule is COc1ccc(-c2noc(CNC(=O)[C@@H](C)Oc3ccccc3C)n2)cc1. The summed E-state index contributed by atoms with van der Waals surface area (Å²) in [4.78, 5) is 16.5. The highest BCUT2D eigenvalue weighted by Gasteiger charge is 2.17. The first-order chi connectivity index (χ1) is 13.1. The molecule has 0 aliphatic rings. The van der Waals surface area contributed by atoms with E-state index in [0.29, 0.717) is 17.5 Å². The number of aryl methyl sites for hydroxylation is 1. The molecule has 1 N–H and O–H groups in total. The minimum absolute atomic E-state index is 0.128. The Morgan fingerprint density at radius 1 is 1.19 bits per heavy atom. The number of ether oxygens (including phenoxy) is 2. The predicted molar refractivity (Wildman–Crippen MR) is 99.4 cm³/mol. The number of methoxy groups -OCH3 is 1. The van der Waals surface area contributed by atoms with Crippen molar-refractivity contribution in [2.75, 3.05) is 7.11 Å². The largest absolute Gasteiger partial charge is 0.497 e. The smallest absolute Gasteiger partial charge is 0.261 e. The lowest BCUT2D eigenvalue weighted by Gasteiger charge is -2.15. The molecule has 0 spiro atoms. The van der Waals surface area contributed by atoms with Gasteiger partial charge in [-0.15, -0.1) is 0 Å². The zero-order valence-electron chi connectivity index (χ0n) is 15.4. The normalized spacial score (nSPS) is 11.7. The number of hydrogen-bond acceptors (Lipinski definition) is 6. The van der Waals surface area contributed by atoms with Crippen molar-refractivity contribution in [3.05, 3.63) is 60.0 Å². The molecule has 7 nitrogen and oxygen atoms in total. The van der Waals surface area contributed by atoms with Gasteiger partial charge in [0, 0.05) is 5.56 Å². The van der Waals surface area contributed by atoms with E-state index in [2.05, 4.69) is 15.5 Å². The topological polar surface area (TPSA) is 86.5 Å². The van der Waals surface area contributed by atoms with E-state index in [0.717, 1.165) is 16.9 Å². The summed E-state index contributed by atoms with van der Waals surface area (Å²) in [6, 6.07) is 14.9. The molecule has 1 amide bonds. The summed E-state index contributed by atoms with van der Waals surface area (Å²) in [6.45, 7) is 3.75. The van der Waals surface area contributed by atoms with Crippen molar-refractivity contribution >= 4 is 5.91 Å². The van der Waals surface area contributed by atoms with Crippen LogP contribution in [0.4, 0.5) is 0 Å². The third-order valence-electron chi connectivity index (χ3n) is 4.00. The Morgan fingerprint density at radius 3 is 2.63 bits per heavy atom. The Hall–Kier alpha value is -3.35. The second-order valence-corrected chi connectivity index (χ2v) is 5.98. The fourth-order valence-electron chi connectivity index (χ4n) is 2.42. The fourth-order valence-corrected chi connectivity index (χ4v) is 2.42. The molecule has 0 bridgehead atoms. The highest BCUT2D eigenvalue weighted by molar-refractivity contribution is 5.80. The van der Waals surface area contributed by atoms with E-state index in [1.807, 2.05) is 55.5 Å². The van der Waals surface area contributed by atoms with Gasteiger partial charge in [-0.2, -0.15) is 4.98 Å². The average Bonchev–Trinajstić information content (AvgIpc) is 3.17. The minimum atomic E-state index is -0.643. The molecule has 3 aromatic rings. The van der Waals surface area contributed by atoms with Gasteiger partial charge in [0.05, 0.1) is 13.7 Å². The van der Waals surface area contributed by atoms with Gasteiger partial charge in [-0.05, 0) is 49.7 Å². The van der Waals surface area contributed by atoms with Crippen LogP contribution in [0.25, 0.3) is 11.4 Å². The van der Waals surface area contributed by atoms with Crippen LogP contribution < -0.4 is 14.8 Å². The van der Waals surface area contributed by atoms with Crippen LogP contribution in [-0.4, -0.2) is 29.3 Å².